The van der Waals surface area contributed by atoms with E-state index in [1.807, 2.05) is 26.0 Å². The molecule has 102 valence electrons. The molecule has 1 atom stereocenters. The minimum absolute atomic E-state index is 0.0113. The van der Waals surface area contributed by atoms with Crippen LogP contribution in [0.15, 0.2) is 22.7 Å². The Morgan fingerprint density at radius 3 is 2.89 bits per heavy atom. The van der Waals surface area contributed by atoms with Crippen molar-refractivity contribution >= 4 is 21.6 Å². The van der Waals surface area contributed by atoms with Crippen LogP contribution in [-0.2, 0) is 4.74 Å². The van der Waals surface area contributed by atoms with Crippen molar-refractivity contribution in [2.24, 2.45) is 0 Å². The molecule has 1 saturated heterocycles. The van der Waals surface area contributed by atoms with E-state index >= 15 is 0 Å². The number of hydrogen-bond donors (Lipinski definition) is 1. The van der Waals surface area contributed by atoms with E-state index in [9.17, 15) is 5.11 Å². The molecular weight excluding hydrogens is 308 g/mol. The van der Waals surface area contributed by atoms with Gasteiger partial charge in [0, 0.05) is 23.2 Å². The maximum atomic E-state index is 9.32. The Hall–Kier alpha value is -1.09. The summed E-state index contributed by atoms with van der Waals surface area (Å²) in [5.41, 5.74) is 1.35. The largest absolute Gasteiger partial charge is 0.394 e. The number of morpholine rings is 1. The lowest BCUT2D eigenvalue weighted by atomic mass is 10.0. The fourth-order valence-electron chi connectivity index (χ4n) is 2.38. The van der Waals surface area contributed by atoms with Crippen molar-refractivity contribution in [3.8, 4) is 6.07 Å². The summed E-state index contributed by atoms with van der Waals surface area (Å²) >= 11 is 3.40. The first-order chi connectivity index (χ1) is 8.95. The van der Waals surface area contributed by atoms with E-state index in [1.54, 1.807) is 6.07 Å². The van der Waals surface area contributed by atoms with Crippen LogP contribution in [0.3, 0.4) is 0 Å². The molecule has 1 aliphatic heterocycles. The molecule has 4 nitrogen and oxygen atoms in total. The first kappa shape index (κ1) is 14.3. The number of nitriles is 1. The number of rotatable bonds is 2. The number of ether oxygens (including phenoxy) is 1. The molecule has 2 rings (SSSR count). The molecule has 0 radical (unpaired) electrons. The van der Waals surface area contributed by atoms with Gasteiger partial charge in [0.2, 0.25) is 0 Å². The molecule has 1 aromatic rings. The van der Waals surface area contributed by atoms with Gasteiger partial charge in [-0.3, -0.25) is 0 Å². The average molecular weight is 325 g/mol. The summed E-state index contributed by atoms with van der Waals surface area (Å²) in [5.74, 6) is 0. The second kappa shape index (κ2) is 5.49. The molecule has 1 aromatic carbocycles. The van der Waals surface area contributed by atoms with Crippen molar-refractivity contribution in [3.63, 3.8) is 0 Å². The van der Waals surface area contributed by atoms with Crippen molar-refractivity contribution in [2.45, 2.75) is 25.6 Å². The van der Waals surface area contributed by atoms with Crippen LogP contribution in [0.4, 0.5) is 5.69 Å². The van der Waals surface area contributed by atoms with Gasteiger partial charge in [0.05, 0.1) is 23.9 Å². The zero-order valence-electron chi connectivity index (χ0n) is 11.1. The van der Waals surface area contributed by atoms with Gasteiger partial charge >= 0.3 is 0 Å². The minimum Gasteiger partial charge on any atom is -0.394 e. The summed E-state index contributed by atoms with van der Waals surface area (Å²) < 4.78 is 6.58. The van der Waals surface area contributed by atoms with Gasteiger partial charge in [-0.25, -0.2) is 0 Å². The van der Waals surface area contributed by atoms with Crippen LogP contribution in [0.5, 0.6) is 0 Å². The van der Waals surface area contributed by atoms with E-state index in [-0.39, 0.29) is 18.3 Å². The Balaban J connectivity index is 2.26. The highest BCUT2D eigenvalue weighted by atomic mass is 79.9. The zero-order chi connectivity index (χ0) is 14.0. The molecule has 1 unspecified atom stereocenters. The number of hydrogen-bond acceptors (Lipinski definition) is 4. The van der Waals surface area contributed by atoms with Crippen LogP contribution in [0.1, 0.15) is 19.4 Å². The van der Waals surface area contributed by atoms with Crippen molar-refractivity contribution in [1.29, 1.82) is 5.26 Å². The lowest BCUT2D eigenvalue weighted by Gasteiger charge is -2.43. The zero-order valence-corrected chi connectivity index (χ0v) is 12.6. The molecule has 5 heteroatoms. The van der Waals surface area contributed by atoms with Crippen LogP contribution in [0, 0.1) is 11.3 Å². The Kier molecular flexibility index (Phi) is 4.14. The first-order valence-corrected chi connectivity index (χ1v) is 6.98. The summed E-state index contributed by atoms with van der Waals surface area (Å²) in [5, 5.41) is 18.3. The SMILES string of the molecule is CC1(C)CN(c2ccc(C#N)c(Br)c2)CC(CO)O1. The standard InChI is InChI=1S/C14H17BrN2O2/c1-14(2)9-17(7-12(8-18)19-14)11-4-3-10(6-16)13(15)5-11/h3-5,12,18H,7-9H2,1-2H3. The van der Waals surface area contributed by atoms with Gasteiger partial charge < -0.3 is 14.7 Å². The summed E-state index contributed by atoms with van der Waals surface area (Å²) in [6.45, 7) is 5.44. The van der Waals surface area contributed by atoms with Gasteiger partial charge in [-0.2, -0.15) is 5.26 Å². The van der Waals surface area contributed by atoms with Gasteiger partial charge in [-0.15, -0.1) is 0 Å². The average Bonchev–Trinajstić information content (AvgIpc) is 2.36. The molecule has 0 aliphatic carbocycles. The van der Waals surface area contributed by atoms with E-state index in [2.05, 4.69) is 26.9 Å². The van der Waals surface area contributed by atoms with E-state index in [4.69, 9.17) is 10.00 Å². The maximum absolute atomic E-state index is 9.32. The molecule has 0 saturated carbocycles. The summed E-state index contributed by atoms with van der Waals surface area (Å²) in [7, 11) is 0. The second-order valence-electron chi connectivity index (χ2n) is 5.34. The molecule has 1 fully saturated rings. The molecule has 1 N–H and O–H groups in total. The molecular formula is C14H17BrN2O2. The van der Waals surface area contributed by atoms with E-state index in [0.29, 0.717) is 12.1 Å². The second-order valence-corrected chi connectivity index (χ2v) is 6.19. The molecule has 1 heterocycles. The van der Waals surface area contributed by atoms with Crippen LogP contribution >= 0.6 is 15.9 Å². The molecule has 0 spiro atoms. The van der Waals surface area contributed by atoms with Gasteiger partial charge in [-0.05, 0) is 48.0 Å². The number of halogens is 1. The Bertz CT molecular complexity index is 511. The van der Waals surface area contributed by atoms with Crippen LogP contribution in [0.25, 0.3) is 0 Å². The minimum atomic E-state index is -0.300. The number of nitrogens with zero attached hydrogens (tertiary/aromatic N) is 2. The fraction of sp³-hybridized carbons (Fsp3) is 0.500. The number of aliphatic hydroxyl groups is 1. The normalized spacial score (nSPS) is 22.1. The van der Waals surface area contributed by atoms with Gasteiger partial charge in [0.15, 0.2) is 0 Å². The lowest BCUT2D eigenvalue weighted by Crippen LogP contribution is -2.54. The van der Waals surface area contributed by atoms with Crippen molar-refractivity contribution in [1.82, 2.24) is 0 Å². The van der Waals surface area contributed by atoms with Crippen LogP contribution < -0.4 is 4.90 Å². The van der Waals surface area contributed by atoms with E-state index in [0.717, 1.165) is 16.7 Å². The fourth-order valence-corrected chi connectivity index (χ4v) is 2.83. The summed E-state index contributed by atoms with van der Waals surface area (Å²) in [6.07, 6.45) is -0.182. The van der Waals surface area contributed by atoms with E-state index < -0.39 is 0 Å². The lowest BCUT2D eigenvalue weighted by molar-refractivity contribution is -0.101. The third-order valence-electron chi connectivity index (χ3n) is 3.12. The van der Waals surface area contributed by atoms with Gasteiger partial charge in [0.25, 0.3) is 0 Å². The Labute approximate surface area is 121 Å². The third kappa shape index (κ3) is 3.27. The molecule has 1 aliphatic rings. The van der Waals surface area contributed by atoms with Gasteiger partial charge in [0.1, 0.15) is 6.07 Å². The number of anilines is 1. The predicted octanol–water partition coefficient (Wildman–Crippen LogP) is 2.30. The highest BCUT2D eigenvalue weighted by Gasteiger charge is 2.33. The predicted molar refractivity (Wildman–Crippen MR) is 77.1 cm³/mol. The highest BCUT2D eigenvalue weighted by Crippen LogP contribution is 2.29. The topological polar surface area (TPSA) is 56.5 Å². The maximum Gasteiger partial charge on any atom is 0.100 e. The van der Waals surface area contributed by atoms with Crippen LogP contribution in [-0.4, -0.2) is 36.5 Å². The molecule has 0 amide bonds. The smallest absolute Gasteiger partial charge is 0.100 e. The van der Waals surface area contributed by atoms with Crippen molar-refractivity contribution < 1.29 is 9.84 Å². The summed E-state index contributed by atoms with van der Waals surface area (Å²) in [4.78, 5) is 2.18. The van der Waals surface area contributed by atoms with Gasteiger partial charge in [-0.1, -0.05) is 0 Å². The van der Waals surface area contributed by atoms with Crippen molar-refractivity contribution in [2.75, 3.05) is 24.6 Å². The Morgan fingerprint density at radius 1 is 1.58 bits per heavy atom. The Morgan fingerprint density at radius 2 is 2.32 bits per heavy atom. The number of benzene rings is 1. The molecule has 19 heavy (non-hydrogen) atoms. The van der Waals surface area contributed by atoms with Crippen molar-refractivity contribution in [3.05, 3.63) is 28.2 Å². The molecule has 0 aromatic heterocycles. The highest BCUT2D eigenvalue weighted by molar-refractivity contribution is 9.10. The number of aliphatic hydroxyl groups excluding tert-OH is 1. The third-order valence-corrected chi connectivity index (χ3v) is 3.78. The summed E-state index contributed by atoms with van der Waals surface area (Å²) in [6, 6.07) is 7.80. The quantitative estimate of drug-likeness (QED) is 0.906. The first-order valence-electron chi connectivity index (χ1n) is 6.18. The molecule has 0 bridgehead atoms. The van der Waals surface area contributed by atoms with E-state index in [1.165, 1.54) is 0 Å². The van der Waals surface area contributed by atoms with Crippen LogP contribution in [0.2, 0.25) is 0 Å². The monoisotopic (exact) mass is 324 g/mol.